The molecule has 0 heterocycles. The van der Waals surface area contributed by atoms with Gasteiger partial charge in [-0.15, -0.1) is 0 Å². The molecule has 0 aliphatic carbocycles. The van der Waals surface area contributed by atoms with Crippen LogP contribution in [0.1, 0.15) is 252 Å². The number of esters is 3. The van der Waals surface area contributed by atoms with Crippen molar-refractivity contribution in [3.05, 3.63) is 60.8 Å². The maximum absolute atomic E-state index is 12.8. The SMILES string of the molecule is CC/C=C\C/C=C\C/C=C\CCCCCCCCCC(=O)OCC(O)COP(=O)(O)OCC(O)COP(=O)(O)OCC(COC(=O)CCCCCCC/C=C\CCCCCC)OC(=O)CCCCCCC/C=C\CCCCCC. The number of ether oxygens (including phenoxy) is 3. The summed E-state index contributed by atoms with van der Waals surface area (Å²) in [5.41, 5.74) is 0. The lowest BCUT2D eigenvalue weighted by atomic mass is 10.1. The van der Waals surface area contributed by atoms with Gasteiger partial charge in [0.2, 0.25) is 0 Å². The molecule has 5 unspecified atom stereocenters. The van der Waals surface area contributed by atoms with Crippen LogP contribution < -0.4 is 0 Å². The number of rotatable bonds is 58. The number of carbonyl (C=O) groups excluding carboxylic acids is 3. The Hall–Kier alpha value is -2.75. The van der Waals surface area contributed by atoms with Crippen molar-refractivity contribution in [3.8, 4) is 0 Å². The van der Waals surface area contributed by atoms with E-state index in [1.165, 1.54) is 51.4 Å². The number of hydrogen-bond donors (Lipinski definition) is 4. The lowest BCUT2D eigenvalue weighted by molar-refractivity contribution is -0.161. The van der Waals surface area contributed by atoms with Crippen molar-refractivity contribution in [2.75, 3.05) is 39.6 Å². The highest BCUT2D eigenvalue weighted by Crippen LogP contribution is 2.45. The van der Waals surface area contributed by atoms with Crippen molar-refractivity contribution < 1.29 is 75.8 Å². The van der Waals surface area contributed by atoms with E-state index in [0.717, 1.165) is 141 Å². The first-order valence-electron chi connectivity index (χ1n) is 30.6. The van der Waals surface area contributed by atoms with Crippen LogP contribution in [-0.2, 0) is 55.8 Å². The highest BCUT2D eigenvalue weighted by atomic mass is 31.2. The van der Waals surface area contributed by atoms with Gasteiger partial charge in [-0.25, -0.2) is 9.13 Å². The topological polar surface area (TPSA) is 231 Å². The molecule has 460 valence electrons. The van der Waals surface area contributed by atoms with Crippen molar-refractivity contribution >= 4 is 33.6 Å². The van der Waals surface area contributed by atoms with Crippen LogP contribution in [0.2, 0.25) is 0 Å². The highest BCUT2D eigenvalue weighted by Gasteiger charge is 2.29. The summed E-state index contributed by atoms with van der Waals surface area (Å²) in [6.07, 6.45) is 52.9. The molecule has 0 bridgehead atoms. The molecule has 0 fully saturated rings. The second-order valence-corrected chi connectivity index (χ2v) is 23.4. The summed E-state index contributed by atoms with van der Waals surface area (Å²) in [4.78, 5) is 58.1. The molecule has 0 aromatic heterocycles. The fourth-order valence-electron chi connectivity index (χ4n) is 7.98. The number of carbonyl (C=O) groups is 3. The van der Waals surface area contributed by atoms with Crippen molar-refractivity contribution in [2.24, 2.45) is 0 Å². The van der Waals surface area contributed by atoms with Gasteiger partial charge in [0.1, 0.15) is 25.4 Å². The van der Waals surface area contributed by atoms with Gasteiger partial charge in [-0.2, -0.15) is 0 Å². The molecule has 16 nitrogen and oxygen atoms in total. The van der Waals surface area contributed by atoms with E-state index in [0.29, 0.717) is 19.3 Å². The first-order chi connectivity index (χ1) is 38.2. The minimum absolute atomic E-state index is 0.0952. The molecular formula is C61H110O16P2. The summed E-state index contributed by atoms with van der Waals surface area (Å²) in [6, 6.07) is 0. The van der Waals surface area contributed by atoms with Gasteiger partial charge in [0.05, 0.1) is 26.4 Å². The molecule has 4 N–H and O–H groups in total. The number of unbranched alkanes of at least 4 members (excludes halogenated alkanes) is 25. The first-order valence-corrected chi connectivity index (χ1v) is 33.6. The summed E-state index contributed by atoms with van der Waals surface area (Å²) in [6.45, 7) is 2.49. The molecule has 0 aliphatic rings. The summed E-state index contributed by atoms with van der Waals surface area (Å²) in [5.74, 6) is -1.60. The second-order valence-electron chi connectivity index (χ2n) is 20.5. The van der Waals surface area contributed by atoms with E-state index in [9.17, 15) is 43.5 Å². The van der Waals surface area contributed by atoms with Crippen molar-refractivity contribution in [1.82, 2.24) is 0 Å². The van der Waals surface area contributed by atoms with E-state index in [1.54, 1.807) is 0 Å². The number of hydrogen-bond acceptors (Lipinski definition) is 14. The standard InChI is InChI=1S/C61H110O16P2/c1-4-7-10-13-16-19-22-25-26-27-28-31-33-35-38-41-44-47-59(64)71-50-56(62)51-73-78(67,68)74-52-57(63)53-75-79(69,70)76-55-58(77-61(66)49-46-43-40-37-34-30-24-21-18-15-12-9-6-3)54-72-60(65)48-45-42-39-36-32-29-23-20-17-14-11-8-5-2/h7,10,16,19-21,23-26,56-58,62-63H,4-6,8-9,11-15,17-18,22,27-55H2,1-3H3,(H,67,68)(H,69,70)/b10-7-,19-16-,23-20-,24-21-,26-25-. The van der Waals surface area contributed by atoms with Gasteiger partial charge in [0.25, 0.3) is 0 Å². The lowest BCUT2D eigenvalue weighted by Gasteiger charge is -2.21. The van der Waals surface area contributed by atoms with Crippen molar-refractivity contribution in [3.63, 3.8) is 0 Å². The minimum Gasteiger partial charge on any atom is -0.463 e. The van der Waals surface area contributed by atoms with Crippen molar-refractivity contribution in [1.29, 1.82) is 0 Å². The molecule has 18 heteroatoms. The van der Waals surface area contributed by atoms with E-state index in [2.05, 4.69) is 81.5 Å². The molecule has 0 radical (unpaired) electrons. The first kappa shape index (κ1) is 76.2. The van der Waals surface area contributed by atoms with Crippen LogP contribution in [0.4, 0.5) is 0 Å². The monoisotopic (exact) mass is 1160 g/mol. The molecule has 0 aliphatic heterocycles. The van der Waals surface area contributed by atoms with Gasteiger partial charge in [0, 0.05) is 19.3 Å². The zero-order chi connectivity index (χ0) is 58.2. The highest BCUT2D eigenvalue weighted by molar-refractivity contribution is 7.47. The average Bonchev–Trinajstić information content (AvgIpc) is 3.42. The number of aliphatic hydroxyl groups excluding tert-OH is 2. The predicted octanol–water partition coefficient (Wildman–Crippen LogP) is 15.9. The molecule has 0 saturated heterocycles. The van der Waals surface area contributed by atoms with Crippen molar-refractivity contribution in [2.45, 2.75) is 270 Å². The van der Waals surface area contributed by atoms with Crippen LogP contribution in [-0.4, -0.2) is 95.9 Å². The molecule has 0 rings (SSSR count). The minimum atomic E-state index is -4.91. The van der Waals surface area contributed by atoms with E-state index in [-0.39, 0.29) is 19.3 Å². The largest absolute Gasteiger partial charge is 0.472 e. The summed E-state index contributed by atoms with van der Waals surface area (Å²) < 4.78 is 60.6. The third kappa shape index (κ3) is 56.9. The Kier molecular flexibility index (Phi) is 53.8. The Morgan fingerprint density at radius 1 is 0.367 bits per heavy atom. The summed E-state index contributed by atoms with van der Waals surface area (Å²) in [5, 5.41) is 20.5. The average molecular weight is 1160 g/mol. The zero-order valence-electron chi connectivity index (χ0n) is 49.3. The quantitative estimate of drug-likeness (QED) is 0.0146. The van der Waals surface area contributed by atoms with Gasteiger partial charge in [-0.3, -0.25) is 32.5 Å². The summed E-state index contributed by atoms with van der Waals surface area (Å²) in [7, 11) is -9.76. The second kappa shape index (κ2) is 55.8. The molecular weight excluding hydrogens is 1050 g/mol. The molecule has 79 heavy (non-hydrogen) atoms. The molecule has 0 spiro atoms. The Morgan fingerprint density at radius 2 is 0.671 bits per heavy atom. The number of phosphoric acid groups is 2. The Bertz CT molecular complexity index is 1700. The Balaban J connectivity index is 4.66. The fourth-order valence-corrected chi connectivity index (χ4v) is 9.57. The lowest BCUT2D eigenvalue weighted by Crippen LogP contribution is -2.30. The Labute approximate surface area is 478 Å². The predicted molar refractivity (Wildman–Crippen MR) is 316 cm³/mol. The van der Waals surface area contributed by atoms with E-state index in [1.807, 2.05) is 0 Å². The smallest absolute Gasteiger partial charge is 0.463 e. The van der Waals surface area contributed by atoms with E-state index >= 15 is 0 Å². The number of phosphoric ester groups is 2. The van der Waals surface area contributed by atoms with E-state index in [4.69, 9.17) is 32.3 Å². The van der Waals surface area contributed by atoms with Crippen LogP contribution in [0.25, 0.3) is 0 Å². The number of allylic oxidation sites excluding steroid dienone is 10. The van der Waals surface area contributed by atoms with Gasteiger partial charge in [-0.05, 0) is 103 Å². The van der Waals surface area contributed by atoms with Gasteiger partial charge in [0.15, 0.2) is 6.10 Å². The van der Waals surface area contributed by atoms with Gasteiger partial charge < -0.3 is 34.2 Å². The maximum Gasteiger partial charge on any atom is 0.472 e. The van der Waals surface area contributed by atoms with E-state index < -0.39 is 91.5 Å². The third-order valence-electron chi connectivity index (χ3n) is 12.7. The van der Waals surface area contributed by atoms with Crippen LogP contribution in [0.15, 0.2) is 60.8 Å². The van der Waals surface area contributed by atoms with Crippen LogP contribution in [0.5, 0.6) is 0 Å². The van der Waals surface area contributed by atoms with Crippen LogP contribution >= 0.6 is 15.6 Å². The molecule has 5 atom stereocenters. The van der Waals surface area contributed by atoms with Crippen LogP contribution in [0, 0.1) is 0 Å². The van der Waals surface area contributed by atoms with Gasteiger partial charge in [-0.1, -0.05) is 191 Å². The third-order valence-corrected chi connectivity index (χ3v) is 14.6. The zero-order valence-corrected chi connectivity index (χ0v) is 51.1. The summed E-state index contributed by atoms with van der Waals surface area (Å²) >= 11 is 0. The normalized spacial score (nSPS) is 14.9. The Morgan fingerprint density at radius 3 is 1.08 bits per heavy atom. The number of aliphatic hydroxyl groups is 2. The molecule has 0 amide bonds. The molecule has 0 saturated carbocycles. The van der Waals surface area contributed by atoms with Gasteiger partial charge >= 0.3 is 33.6 Å². The molecule has 0 aromatic carbocycles. The maximum atomic E-state index is 12.8. The van der Waals surface area contributed by atoms with Crippen LogP contribution in [0.3, 0.4) is 0 Å². The fraction of sp³-hybridized carbons (Fsp3) is 0.787. The molecule has 0 aromatic rings.